The second-order valence-corrected chi connectivity index (χ2v) is 7.49. The zero-order valence-corrected chi connectivity index (χ0v) is 12.2. The lowest BCUT2D eigenvalue weighted by Crippen LogP contribution is -2.27. The highest BCUT2D eigenvalue weighted by Crippen LogP contribution is 2.43. The van der Waals surface area contributed by atoms with Crippen molar-refractivity contribution in [2.24, 2.45) is 11.8 Å². The molecule has 0 aromatic heterocycles. The van der Waals surface area contributed by atoms with Crippen LogP contribution in [0.5, 0.6) is 5.75 Å². The maximum absolute atomic E-state index is 12.4. The van der Waals surface area contributed by atoms with E-state index in [9.17, 15) is 17.2 Å². The Kier molecular flexibility index (Phi) is 3.88. The van der Waals surface area contributed by atoms with Crippen LogP contribution in [0.4, 0.5) is 8.78 Å². The average Bonchev–Trinajstić information content (AvgIpc) is 3.01. The minimum absolute atomic E-state index is 0.182. The normalized spacial score (nSPS) is 24.0. The topological polar surface area (TPSA) is 55.4 Å². The Labute approximate surface area is 122 Å². The van der Waals surface area contributed by atoms with E-state index in [1.165, 1.54) is 0 Å². The summed E-state index contributed by atoms with van der Waals surface area (Å²) in [6.07, 6.45) is -1.29. The van der Waals surface area contributed by atoms with Crippen LogP contribution in [0.25, 0.3) is 0 Å². The first-order valence-corrected chi connectivity index (χ1v) is 8.60. The zero-order valence-electron chi connectivity index (χ0n) is 11.4. The first-order valence-electron chi connectivity index (χ1n) is 6.95. The Morgan fingerprint density at radius 2 is 2.19 bits per heavy atom. The van der Waals surface area contributed by atoms with E-state index in [0.29, 0.717) is 13.0 Å². The fraction of sp³-hybridized carbons (Fsp3) is 0.571. The lowest BCUT2D eigenvalue weighted by atomic mass is 10.1. The van der Waals surface area contributed by atoms with E-state index in [2.05, 4.69) is 4.72 Å². The molecule has 0 bridgehead atoms. The molecule has 4 nitrogen and oxygen atoms in total. The zero-order chi connectivity index (χ0) is 15.0. The molecule has 1 N–H and O–H groups in total. The summed E-state index contributed by atoms with van der Waals surface area (Å²) in [7, 11) is -3.51. The molecule has 0 spiro atoms. The predicted octanol–water partition coefficient (Wildman–Crippen LogP) is 1.94. The van der Waals surface area contributed by atoms with E-state index in [0.717, 1.165) is 23.3 Å². The number of halogens is 2. The minimum atomic E-state index is -3.51. The van der Waals surface area contributed by atoms with Gasteiger partial charge in [-0.1, -0.05) is 12.1 Å². The van der Waals surface area contributed by atoms with E-state index >= 15 is 0 Å². The molecule has 1 aromatic carbocycles. The van der Waals surface area contributed by atoms with Crippen molar-refractivity contribution in [3.8, 4) is 5.75 Å². The quantitative estimate of drug-likeness (QED) is 0.872. The van der Waals surface area contributed by atoms with E-state index in [4.69, 9.17) is 4.74 Å². The number of benzene rings is 1. The van der Waals surface area contributed by atoms with Crippen molar-refractivity contribution in [3.05, 3.63) is 29.3 Å². The van der Waals surface area contributed by atoms with Crippen molar-refractivity contribution >= 4 is 10.0 Å². The third-order valence-corrected chi connectivity index (χ3v) is 5.44. The highest BCUT2D eigenvalue weighted by molar-refractivity contribution is 7.89. The molecular weight excluding hydrogens is 300 g/mol. The Bertz CT molecular complexity index is 633. The first-order chi connectivity index (χ1) is 9.94. The van der Waals surface area contributed by atoms with Gasteiger partial charge in [0.15, 0.2) is 0 Å². The van der Waals surface area contributed by atoms with Crippen molar-refractivity contribution in [3.63, 3.8) is 0 Å². The Balaban J connectivity index is 1.55. The van der Waals surface area contributed by atoms with Crippen molar-refractivity contribution < 1.29 is 21.9 Å². The van der Waals surface area contributed by atoms with Crippen LogP contribution in [0.2, 0.25) is 0 Å². The van der Waals surface area contributed by atoms with Crippen LogP contribution in [0.1, 0.15) is 17.5 Å². The van der Waals surface area contributed by atoms with Gasteiger partial charge in [-0.2, -0.15) is 0 Å². The molecule has 1 fully saturated rings. The molecule has 0 radical (unpaired) electrons. The van der Waals surface area contributed by atoms with Crippen LogP contribution in [-0.4, -0.2) is 27.2 Å². The van der Waals surface area contributed by atoms with Crippen molar-refractivity contribution in [1.29, 1.82) is 0 Å². The lowest BCUT2D eigenvalue weighted by molar-refractivity contribution is 0.117. The second-order valence-electron chi connectivity index (χ2n) is 5.64. The van der Waals surface area contributed by atoms with E-state index in [1.807, 2.05) is 18.2 Å². The van der Waals surface area contributed by atoms with Gasteiger partial charge in [0, 0.05) is 18.9 Å². The largest absolute Gasteiger partial charge is 0.493 e. The number of rotatable bonds is 6. The molecule has 0 unspecified atom stereocenters. The first kappa shape index (κ1) is 14.7. The maximum Gasteiger partial charge on any atom is 0.241 e. The van der Waals surface area contributed by atoms with Gasteiger partial charge in [-0.25, -0.2) is 21.9 Å². The van der Waals surface area contributed by atoms with Crippen molar-refractivity contribution in [2.75, 3.05) is 12.4 Å². The van der Waals surface area contributed by atoms with Crippen LogP contribution >= 0.6 is 0 Å². The SMILES string of the molecule is O=S(=O)(C[C@@H]1C[C@H]1C(F)F)NCc1ccc2c(c1)CCO2. The van der Waals surface area contributed by atoms with Gasteiger partial charge in [0.25, 0.3) is 0 Å². The van der Waals surface area contributed by atoms with Crippen molar-refractivity contribution in [1.82, 2.24) is 4.72 Å². The van der Waals surface area contributed by atoms with Gasteiger partial charge in [-0.3, -0.25) is 0 Å². The van der Waals surface area contributed by atoms with E-state index in [1.54, 1.807) is 0 Å². The highest BCUT2D eigenvalue weighted by atomic mass is 32.2. The number of hydrogen-bond acceptors (Lipinski definition) is 3. The number of fused-ring (bicyclic) bond motifs is 1. The lowest BCUT2D eigenvalue weighted by Gasteiger charge is -2.08. The molecule has 1 heterocycles. The van der Waals surface area contributed by atoms with Gasteiger partial charge in [0.05, 0.1) is 12.4 Å². The van der Waals surface area contributed by atoms with Crippen LogP contribution in [-0.2, 0) is 23.0 Å². The summed E-state index contributed by atoms with van der Waals surface area (Å²) in [6.45, 7) is 0.836. The summed E-state index contributed by atoms with van der Waals surface area (Å²) < 4.78 is 56.4. The van der Waals surface area contributed by atoms with Gasteiger partial charge in [-0.05, 0) is 29.5 Å². The Morgan fingerprint density at radius 3 is 2.90 bits per heavy atom. The third kappa shape index (κ3) is 3.52. The van der Waals surface area contributed by atoms with Crippen LogP contribution in [0, 0.1) is 11.8 Å². The third-order valence-electron chi connectivity index (χ3n) is 3.98. The molecule has 1 aromatic rings. The smallest absolute Gasteiger partial charge is 0.241 e. The molecular formula is C14H17F2NO3S. The summed E-state index contributed by atoms with van der Waals surface area (Å²) in [5, 5.41) is 0. The van der Waals surface area contributed by atoms with E-state index < -0.39 is 28.3 Å². The van der Waals surface area contributed by atoms with Gasteiger partial charge in [0.2, 0.25) is 16.4 Å². The molecule has 0 saturated heterocycles. The molecule has 1 aliphatic heterocycles. The Hall–Kier alpha value is -1.21. The number of nitrogens with one attached hydrogen (secondary N) is 1. The Morgan fingerprint density at radius 1 is 1.38 bits per heavy atom. The van der Waals surface area contributed by atoms with Gasteiger partial charge >= 0.3 is 0 Å². The fourth-order valence-corrected chi connectivity index (χ4v) is 4.11. The van der Waals surface area contributed by atoms with Crippen LogP contribution in [0.3, 0.4) is 0 Å². The average molecular weight is 317 g/mol. The molecule has 2 atom stereocenters. The minimum Gasteiger partial charge on any atom is -0.493 e. The van der Waals surface area contributed by atoms with E-state index in [-0.39, 0.29) is 12.3 Å². The summed E-state index contributed by atoms with van der Waals surface area (Å²) in [6, 6.07) is 5.56. The number of hydrogen-bond donors (Lipinski definition) is 1. The fourth-order valence-electron chi connectivity index (χ4n) is 2.66. The second kappa shape index (κ2) is 5.53. The standard InChI is InChI=1S/C14H17F2NO3S/c15-14(16)12-6-11(12)8-21(18,19)17-7-9-1-2-13-10(5-9)3-4-20-13/h1-2,5,11-12,14,17H,3-4,6-8H2/t11-,12+/m0/s1. The molecule has 21 heavy (non-hydrogen) atoms. The summed E-state index contributed by atoms with van der Waals surface area (Å²) >= 11 is 0. The van der Waals surface area contributed by atoms with Gasteiger partial charge in [0.1, 0.15) is 5.75 Å². The summed E-state index contributed by atoms with van der Waals surface area (Å²) in [4.78, 5) is 0. The van der Waals surface area contributed by atoms with Crippen LogP contribution < -0.4 is 9.46 Å². The van der Waals surface area contributed by atoms with Crippen LogP contribution in [0.15, 0.2) is 18.2 Å². The molecule has 3 rings (SSSR count). The maximum atomic E-state index is 12.4. The highest BCUT2D eigenvalue weighted by Gasteiger charge is 2.46. The molecule has 1 saturated carbocycles. The predicted molar refractivity (Wildman–Crippen MR) is 73.9 cm³/mol. The summed E-state index contributed by atoms with van der Waals surface area (Å²) in [5.74, 6) is -0.523. The molecule has 2 aliphatic rings. The monoisotopic (exact) mass is 317 g/mol. The number of alkyl halides is 2. The van der Waals surface area contributed by atoms with Gasteiger partial charge < -0.3 is 4.74 Å². The number of sulfonamides is 1. The molecule has 1 aliphatic carbocycles. The number of ether oxygens (including phenoxy) is 1. The molecule has 7 heteroatoms. The van der Waals surface area contributed by atoms with Gasteiger partial charge in [-0.15, -0.1) is 0 Å². The summed E-state index contributed by atoms with van der Waals surface area (Å²) in [5.41, 5.74) is 1.93. The van der Waals surface area contributed by atoms with Crippen molar-refractivity contribution in [2.45, 2.75) is 25.8 Å². The molecule has 0 amide bonds. The molecule has 116 valence electrons.